The lowest BCUT2D eigenvalue weighted by atomic mass is 9.94. The zero-order valence-electron chi connectivity index (χ0n) is 12.4. The minimum atomic E-state index is -0.0114. The van der Waals surface area contributed by atoms with Crippen LogP contribution in [0.15, 0.2) is 52.5 Å². The maximum atomic E-state index is 11.3. The minimum absolute atomic E-state index is 0.0114. The van der Waals surface area contributed by atoms with Crippen LogP contribution in [-0.2, 0) is 4.79 Å². The number of nitrogens with zero attached hydrogens (tertiary/aromatic N) is 1. The molecule has 1 N–H and O–H groups in total. The topological polar surface area (TPSA) is 41.5 Å². The second-order valence-electron chi connectivity index (χ2n) is 5.13. The summed E-state index contributed by atoms with van der Waals surface area (Å²) in [5.41, 5.74) is 5.75. The summed E-state index contributed by atoms with van der Waals surface area (Å²) in [4.78, 5) is 12.5. The molecule has 0 fully saturated rings. The summed E-state index contributed by atoms with van der Waals surface area (Å²) in [5, 5.41) is 4.18. The number of hydrogen-bond acceptors (Lipinski definition) is 3. The molecule has 1 aromatic rings. The molecule has 1 unspecified atom stereocenters. The van der Waals surface area contributed by atoms with Gasteiger partial charge in [-0.05, 0) is 30.2 Å². The Balaban J connectivity index is 2.11. The molecule has 21 heavy (non-hydrogen) atoms. The van der Waals surface area contributed by atoms with Crippen LogP contribution in [0.2, 0.25) is 0 Å². The molecule has 0 saturated carbocycles. The van der Waals surface area contributed by atoms with Crippen LogP contribution in [0.25, 0.3) is 6.08 Å². The summed E-state index contributed by atoms with van der Waals surface area (Å²) >= 11 is 1.77. The molecule has 1 heterocycles. The molecule has 1 aliphatic heterocycles. The number of amides is 1. The van der Waals surface area contributed by atoms with Crippen LogP contribution in [0.4, 0.5) is 0 Å². The van der Waals surface area contributed by atoms with Crippen molar-refractivity contribution in [3.8, 4) is 0 Å². The third-order valence-corrected chi connectivity index (χ3v) is 4.30. The number of benzene rings is 1. The number of hydrazone groups is 1. The Morgan fingerprint density at radius 1 is 1.48 bits per heavy atom. The van der Waals surface area contributed by atoms with Gasteiger partial charge in [-0.1, -0.05) is 31.2 Å². The van der Waals surface area contributed by atoms with Gasteiger partial charge in [-0.25, -0.2) is 5.43 Å². The van der Waals surface area contributed by atoms with E-state index in [1.165, 1.54) is 4.90 Å². The number of nitrogens with one attached hydrogen (secondary N) is 1. The molecule has 0 saturated heterocycles. The van der Waals surface area contributed by atoms with Gasteiger partial charge in [-0.2, -0.15) is 5.10 Å². The Morgan fingerprint density at radius 3 is 2.81 bits per heavy atom. The Labute approximate surface area is 130 Å². The highest BCUT2D eigenvalue weighted by Crippen LogP contribution is 2.21. The van der Waals surface area contributed by atoms with Gasteiger partial charge in [0.1, 0.15) is 0 Å². The normalized spacial score (nSPS) is 19.0. The predicted molar refractivity (Wildman–Crippen MR) is 90.4 cm³/mol. The van der Waals surface area contributed by atoms with Crippen molar-refractivity contribution < 1.29 is 4.79 Å². The standard InChI is InChI=1S/C17H20N2OS/c1-4-9-21-15-7-5-14(6-8-15)10-12(2)17-13(3)11-16(20)18-19-17/h4-8,10,13H,1,9,11H2,2-3H3,(H,18,20). The lowest BCUT2D eigenvalue weighted by Gasteiger charge is -2.19. The fraction of sp³-hybridized carbons (Fsp3) is 0.294. The van der Waals surface area contributed by atoms with Crippen LogP contribution < -0.4 is 5.43 Å². The van der Waals surface area contributed by atoms with E-state index in [0.717, 1.165) is 22.6 Å². The van der Waals surface area contributed by atoms with Gasteiger partial charge in [0.15, 0.2) is 0 Å². The Kier molecular flexibility index (Phi) is 5.39. The van der Waals surface area contributed by atoms with Crippen molar-refractivity contribution in [2.24, 2.45) is 11.0 Å². The van der Waals surface area contributed by atoms with Crippen LogP contribution in [0.5, 0.6) is 0 Å². The molecule has 1 atom stereocenters. The summed E-state index contributed by atoms with van der Waals surface area (Å²) in [6, 6.07) is 8.42. The largest absolute Gasteiger partial charge is 0.273 e. The highest BCUT2D eigenvalue weighted by atomic mass is 32.2. The van der Waals surface area contributed by atoms with E-state index in [1.54, 1.807) is 11.8 Å². The summed E-state index contributed by atoms with van der Waals surface area (Å²) < 4.78 is 0. The van der Waals surface area contributed by atoms with Gasteiger partial charge in [0, 0.05) is 23.0 Å². The van der Waals surface area contributed by atoms with Crippen molar-refractivity contribution in [2.75, 3.05) is 5.75 Å². The third-order valence-electron chi connectivity index (χ3n) is 3.29. The number of rotatable bonds is 5. The van der Waals surface area contributed by atoms with E-state index in [9.17, 15) is 4.79 Å². The third kappa shape index (κ3) is 4.33. The second kappa shape index (κ2) is 7.27. The molecule has 0 spiro atoms. The number of allylic oxidation sites excluding steroid dienone is 1. The molecule has 0 bridgehead atoms. The molecule has 110 valence electrons. The van der Waals surface area contributed by atoms with E-state index in [0.29, 0.717) is 6.42 Å². The molecule has 1 aliphatic rings. The first-order valence-electron chi connectivity index (χ1n) is 6.99. The van der Waals surface area contributed by atoms with Gasteiger partial charge < -0.3 is 0 Å². The first kappa shape index (κ1) is 15.6. The molecule has 4 heteroatoms. The fourth-order valence-corrected chi connectivity index (χ4v) is 2.91. The molecular weight excluding hydrogens is 280 g/mol. The maximum Gasteiger partial charge on any atom is 0.240 e. The first-order chi connectivity index (χ1) is 10.1. The Hall–Kier alpha value is -1.81. The maximum absolute atomic E-state index is 11.3. The Morgan fingerprint density at radius 2 is 2.19 bits per heavy atom. The van der Waals surface area contributed by atoms with E-state index in [1.807, 2.05) is 19.9 Å². The van der Waals surface area contributed by atoms with Crippen LogP contribution >= 0.6 is 11.8 Å². The zero-order valence-corrected chi connectivity index (χ0v) is 13.2. The minimum Gasteiger partial charge on any atom is -0.273 e. The lowest BCUT2D eigenvalue weighted by molar-refractivity contribution is -0.121. The molecule has 0 radical (unpaired) electrons. The fourth-order valence-electron chi connectivity index (χ4n) is 2.27. The molecule has 1 amide bonds. The molecule has 0 aliphatic carbocycles. The summed E-state index contributed by atoms with van der Waals surface area (Å²) in [7, 11) is 0. The predicted octanol–water partition coefficient (Wildman–Crippen LogP) is 3.88. The van der Waals surface area contributed by atoms with Crippen molar-refractivity contribution in [3.63, 3.8) is 0 Å². The van der Waals surface area contributed by atoms with Crippen LogP contribution in [0, 0.1) is 5.92 Å². The monoisotopic (exact) mass is 300 g/mol. The van der Waals surface area contributed by atoms with Gasteiger partial charge in [0.2, 0.25) is 5.91 Å². The summed E-state index contributed by atoms with van der Waals surface area (Å²) in [6.45, 7) is 7.79. The van der Waals surface area contributed by atoms with Gasteiger partial charge in [-0.3, -0.25) is 4.79 Å². The van der Waals surface area contributed by atoms with Crippen LogP contribution in [0.3, 0.4) is 0 Å². The highest BCUT2D eigenvalue weighted by Gasteiger charge is 2.21. The first-order valence-corrected chi connectivity index (χ1v) is 7.97. The van der Waals surface area contributed by atoms with E-state index >= 15 is 0 Å². The van der Waals surface area contributed by atoms with Crippen LogP contribution in [-0.4, -0.2) is 17.4 Å². The van der Waals surface area contributed by atoms with Gasteiger partial charge in [-0.15, -0.1) is 18.3 Å². The number of carbonyl (C=O) groups excluding carboxylic acids is 1. The number of thioether (sulfide) groups is 1. The van der Waals surface area contributed by atoms with Crippen molar-refractivity contribution in [1.82, 2.24) is 5.43 Å². The average Bonchev–Trinajstić information content (AvgIpc) is 2.46. The molecule has 3 nitrogen and oxygen atoms in total. The van der Waals surface area contributed by atoms with E-state index in [-0.39, 0.29) is 11.8 Å². The van der Waals surface area contributed by atoms with E-state index in [2.05, 4.69) is 47.4 Å². The molecular formula is C17H20N2OS. The van der Waals surface area contributed by atoms with Crippen molar-refractivity contribution in [2.45, 2.75) is 25.2 Å². The number of carbonyl (C=O) groups is 1. The zero-order chi connectivity index (χ0) is 15.2. The van der Waals surface area contributed by atoms with E-state index in [4.69, 9.17) is 0 Å². The van der Waals surface area contributed by atoms with Gasteiger partial charge >= 0.3 is 0 Å². The van der Waals surface area contributed by atoms with Crippen molar-refractivity contribution in [3.05, 3.63) is 48.1 Å². The summed E-state index contributed by atoms with van der Waals surface area (Å²) in [5.74, 6) is 1.07. The smallest absolute Gasteiger partial charge is 0.240 e. The van der Waals surface area contributed by atoms with Gasteiger partial charge in [0.05, 0.1) is 5.71 Å². The van der Waals surface area contributed by atoms with Crippen LogP contribution in [0.1, 0.15) is 25.8 Å². The number of hydrogen-bond donors (Lipinski definition) is 1. The molecule has 2 rings (SSSR count). The summed E-state index contributed by atoms with van der Waals surface area (Å²) in [6.07, 6.45) is 4.51. The second-order valence-corrected chi connectivity index (χ2v) is 6.23. The molecule has 1 aromatic carbocycles. The highest BCUT2D eigenvalue weighted by molar-refractivity contribution is 7.99. The van der Waals surface area contributed by atoms with E-state index < -0.39 is 0 Å². The average molecular weight is 300 g/mol. The SMILES string of the molecule is C=CCSc1ccc(C=C(C)C2=NNC(=O)CC2C)cc1. The molecule has 0 aromatic heterocycles. The lowest BCUT2D eigenvalue weighted by Crippen LogP contribution is -2.31. The quantitative estimate of drug-likeness (QED) is 0.662. The van der Waals surface area contributed by atoms with Crippen molar-refractivity contribution >= 4 is 29.5 Å². The van der Waals surface area contributed by atoms with Crippen molar-refractivity contribution in [1.29, 1.82) is 0 Å². The van der Waals surface area contributed by atoms with Gasteiger partial charge in [0.25, 0.3) is 0 Å². The Bertz CT molecular complexity index is 587.